The van der Waals surface area contributed by atoms with Crippen LogP contribution in [-0.2, 0) is 4.79 Å². The number of anilines is 1. The van der Waals surface area contributed by atoms with Gasteiger partial charge in [0.1, 0.15) is 10.8 Å². The number of nitrogens with one attached hydrogen (secondary N) is 1. The third-order valence-electron chi connectivity index (χ3n) is 5.06. The van der Waals surface area contributed by atoms with Gasteiger partial charge in [0.25, 0.3) is 0 Å². The first kappa shape index (κ1) is 23.4. The Hall–Kier alpha value is -3.72. The van der Waals surface area contributed by atoms with Gasteiger partial charge in [-0.15, -0.1) is 0 Å². The minimum Gasteiger partial charge on any atom is -0.494 e. The van der Waals surface area contributed by atoms with Gasteiger partial charge in [0.05, 0.1) is 32.8 Å². The number of nitrogens with zero attached hydrogens (tertiary/aromatic N) is 3. The molecule has 9 heteroatoms. The topological polar surface area (TPSA) is 87.0 Å². The van der Waals surface area contributed by atoms with E-state index in [9.17, 15) is 4.79 Å². The van der Waals surface area contributed by atoms with Crippen LogP contribution in [0.4, 0.5) is 5.69 Å². The monoisotopic (exact) mass is 478 g/mol. The first-order valence-corrected chi connectivity index (χ1v) is 11.7. The zero-order chi connectivity index (χ0) is 24.1. The van der Waals surface area contributed by atoms with Crippen molar-refractivity contribution in [2.45, 2.75) is 18.9 Å². The molecule has 0 aliphatic heterocycles. The number of methoxy groups -OCH3 is 2. The average Bonchev–Trinajstić information content (AvgIpc) is 3.27. The van der Waals surface area contributed by atoms with E-state index in [4.69, 9.17) is 19.2 Å². The summed E-state index contributed by atoms with van der Waals surface area (Å²) < 4.78 is 18.0. The van der Waals surface area contributed by atoms with E-state index >= 15 is 0 Å². The average molecular weight is 479 g/mol. The highest BCUT2D eigenvalue weighted by Gasteiger charge is 2.15. The van der Waals surface area contributed by atoms with Gasteiger partial charge in [-0.1, -0.05) is 17.8 Å². The minimum absolute atomic E-state index is 0.107. The molecule has 0 aliphatic carbocycles. The van der Waals surface area contributed by atoms with Crippen molar-refractivity contribution in [3.8, 4) is 28.4 Å². The Bertz CT molecular complexity index is 1300. The molecule has 0 saturated carbocycles. The van der Waals surface area contributed by atoms with Gasteiger partial charge >= 0.3 is 0 Å². The molecule has 4 aromatic rings. The molecule has 0 bridgehead atoms. The van der Waals surface area contributed by atoms with Gasteiger partial charge in [-0.2, -0.15) is 5.10 Å². The maximum absolute atomic E-state index is 12.5. The number of benzene rings is 2. The maximum Gasteiger partial charge on any atom is 0.234 e. The summed E-state index contributed by atoms with van der Waals surface area (Å²) in [4.78, 5) is 17.2. The Morgan fingerprint density at radius 1 is 1.06 bits per heavy atom. The fraction of sp³-hybridized carbons (Fsp3) is 0.240. The molecule has 0 aliphatic rings. The standard InChI is InChI=1S/C25H26N4O4S/c1-5-33-19-9-7-18(8-10-19)28-23(30)15-34-24-12-16(2)27-25-20(14-26-29(24)25)17-6-11-21(31-3)22(13-17)32-4/h6-14H,5,15H2,1-4H3,(H,28,30). The van der Waals surface area contributed by atoms with Crippen LogP contribution in [0.2, 0.25) is 0 Å². The first-order valence-electron chi connectivity index (χ1n) is 10.8. The number of aryl methyl sites for hydroxylation is 1. The Labute approximate surface area is 202 Å². The molecule has 0 spiro atoms. The lowest BCUT2D eigenvalue weighted by molar-refractivity contribution is -0.113. The number of aromatic nitrogens is 3. The molecule has 0 fully saturated rings. The number of rotatable bonds is 9. The van der Waals surface area contributed by atoms with Crippen molar-refractivity contribution in [1.29, 1.82) is 0 Å². The van der Waals surface area contributed by atoms with Crippen molar-refractivity contribution in [2.75, 3.05) is 31.9 Å². The summed E-state index contributed by atoms with van der Waals surface area (Å²) in [6.07, 6.45) is 1.77. The molecule has 0 atom stereocenters. The van der Waals surface area contributed by atoms with Crippen molar-refractivity contribution >= 4 is 29.0 Å². The van der Waals surface area contributed by atoms with Crippen molar-refractivity contribution < 1.29 is 19.0 Å². The van der Waals surface area contributed by atoms with Crippen molar-refractivity contribution in [3.05, 3.63) is 60.4 Å². The molecule has 176 valence electrons. The van der Waals surface area contributed by atoms with Crippen LogP contribution in [-0.4, -0.2) is 47.1 Å². The van der Waals surface area contributed by atoms with Crippen LogP contribution in [0, 0.1) is 6.92 Å². The molecular formula is C25H26N4O4S. The summed E-state index contributed by atoms with van der Waals surface area (Å²) in [7, 11) is 3.21. The van der Waals surface area contributed by atoms with E-state index in [1.165, 1.54) is 11.8 Å². The van der Waals surface area contributed by atoms with Crippen LogP contribution in [0.25, 0.3) is 16.8 Å². The van der Waals surface area contributed by atoms with Crippen LogP contribution >= 0.6 is 11.8 Å². The summed E-state index contributed by atoms with van der Waals surface area (Å²) >= 11 is 1.40. The Kier molecular flexibility index (Phi) is 7.22. The number of carbonyl (C=O) groups is 1. The number of hydrogen-bond donors (Lipinski definition) is 1. The van der Waals surface area contributed by atoms with Gasteiger partial charge in [0.15, 0.2) is 17.1 Å². The summed E-state index contributed by atoms with van der Waals surface area (Å²) in [6, 6.07) is 14.9. The van der Waals surface area contributed by atoms with E-state index in [0.717, 1.165) is 33.3 Å². The number of thioether (sulfide) groups is 1. The Morgan fingerprint density at radius 3 is 2.53 bits per heavy atom. The second-order valence-electron chi connectivity index (χ2n) is 7.39. The largest absolute Gasteiger partial charge is 0.494 e. The van der Waals surface area contributed by atoms with Crippen molar-refractivity contribution in [2.24, 2.45) is 0 Å². The van der Waals surface area contributed by atoms with Crippen LogP contribution in [0.1, 0.15) is 12.6 Å². The highest BCUT2D eigenvalue weighted by molar-refractivity contribution is 7.99. The second kappa shape index (κ2) is 10.5. The van der Waals surface area contributed by atoms with Crippen molar-refractivity contribution in [1.82, 2.24) is 14.6 Å². The van der Waals surface area contributed by atoms with Gasteiger partial charge in [0.2, 0.25) is 5.91 Å². The lowest BCUT2D eigenvalue weighted by Gasteiger charge is -2.10. The zero-order valence-corrected chi connectivity index (χ0v) is 20.3. The highest BCUT2D eigenvalue weighted by atomic mass is 32.2. The fourth-order valence-electron chi connectivity index (χ4n) is 3.50. The second-order valence-corrected chi connectivity index (χ2v) is 8.39. The Morgan fingerprint density at radius 2 is 1.82 bits per heavy atom. The van der Waals surface area contributed by atoms with E-state index < -0.39 is 0 Å². The predicted molar refractivity (Wildman–Crippen MR) is 133 cm³/mol. The normalized spacial score (nSPS) is 10.8. The molecule has 34 heavy (non-hydrogen) atoms. The molecule has 4 rings (SSSR count). The molecule has 0 saturated heterocycles. The minimum atomic E-state index is -0.107. The van der Waals surface area contributed by atoms with E-state index in [-0.39, 0.29) is 11.7 Å². The molecule has 2 heterocycles. The number of hydrogen-bond acceptors (Lipinski definition) is 7. The summed E-state index contributed by atoms with van der Waals surface area (Å²) in [5.74, 6) is 2.18. The van der Waals surface area contributed by atoms with E-state index in [2.05, 4.69) is 10.4 Å². The lowest BCUT2D eigenvalue weighted by atomic mass is 10.1. The zero-order valence-electron chi connectivity index (χ0n) is 19.5. The maximum atomic E-state index is 12.5. The van der Waals surface area contributed by atoms with Gasteiger partial charge < -0.3 is 19.5 Å². The molecule has 8 nitrogen and oxygen atoms in total. The third kappa shape index (κ3) is 5.09. The van der Waals surface area contributed by atoms with Gasteiger partial charge in [-0.25, -0.2) is 9.50 Å². The van der Waals surface area contributed by atoms with Crippen LogP contribution in [0.3, 0.4) is 0 Å². The molecule has 2 aromatic heterocycles. The van der Waals surface area contributed by atoms with Crippen LogP contribution in [0.15, 0.2) is 59.8 Å². The summed E-state index contributed by atoms with van der Waals surface area (Å²) in [6.45, 7) is 4.46. The van der Waals surface area contributed by atoms with E-state index in [0.29, 0.717) is 23.8 Å². The van der Waals surface area contributed by atoms with Crippen molar-refractivity contribution in [3.63, 3.8) is 0 Å². The molecule has 0 radical (unpaired) electrons. The summed E-state index contributed by atoms with van der Waals surface area (Å²) in [5.41, 5.74) is 4.05. The number of fused-ring (bicyclic) bond motifs is 1. The van der Waals surface area contributed by atoms with Gasteiger partial charge in [-0.3, -0.25) is 4.79 Å². The molecule has 1 amide bonds. The smallest absolute Gasteiger partial charge is 0.234 e. The number of amides is 1. The van der Waals surface area contributed by atoms with Crippen LogP contribution in [0.5, 0.6) is 17.2 Å². The van der Waals surface area contributed by atoms with Gasteiger partial charge in [-0.05, 0) is 61.9 Å². The summed E-state index contributed by atoms with van der Waals surface area (Å²) in [5, 5.41) is 8.28. The SMILES string of the molecule is CCOc1ccc(NC(=O)CSc2cc(C)nc3c(-c4ccc(OC)c(OC)c4)cnn23)cc1. The number of carbonyl (C=O) groups excluding carboxylic acids is 1. The van der Waals surface area contributed by atoms with E-state index in [1.54, 1.807) is 24.9 Å². The first-order chi connectivity index (χ1) is 16.5. The van der Waals surface area contributed by atoms with Gasteiger partial charge in [0, 0.05) is 16.9 Å². The third-order valence-corrected chi connectivity index (χ3v) is 6.06. The highest BCUT2D eigenvalue weighted by Crippen LogP contribution is 2.34. The molecule has 1 N–H and O–H groups in total. The molecular weight excluding hydrogens is 452 g/mol. The number of ether oxygens (including phenoxy) is 3. The fourth-order valence-corrected chi connectivity index (χ4v) is 4.36. The van der Waals surface area contributed by atoms with E-state index in [1.807, 2.05) is 62.4 Å². The quantitative estimate of drug-likeness (QED) is 0.272. The van der Waals surface area contributed by atoms with Crippen LogP contribution < -0.4 is 19.5 Å². The Balaban J connectivity index is 1.52. The predicted octanol–water partition coefficient (Wildman–Crippen LogP) is 4.85. The lowest BCUT2D eigenvalue weighted by Crippen LogP contribution is -2.14. The molecule has 0 unspecified atom stereocenters. The molecule has 2 aromatic carbocycles.